The Morgan fingerprint density at radius 1 is 1.14 bits per heavy atom. The average molecular weight is 296 g/mol. The lowest BCUT2D eigenvalue weighted by atomic mass is 9.85. The molecule has 3 rings (SSSR count). The third-order valence-corrected chi connectivity index (χ3v) is 4.13. The number of hydrogen-bond acceptors (Lipinski definition) is 4. The second-order valence-corrected chi connectivity index (χ2v) is 5.45. The van der Waals surface area contributed by atoms with E-state index in [1.165, 1.54) is 0 Å². The van der Waals surface area contributed by atoms with Crippen LogP contribution in [0, 0.1) is 10.1 Å². The molecule has 1 N–H and O–H groups in total. The molecule has 0 unspecified atom stereocenters. The first-order valence-corrected chi connectivity index (χ1v) is 7.20. The summed E-state index contributed by atoms with van der Waals surface area (Å²) in [5.41, 5.74) is 1.59. The molecule has 0 saturated carbocycles. The molecule has 1 aliphatic rings. The van der Waals surface area contributed by atoms with Crippen LogP contribution < -0.4 is 5.32 Å². The first-order chi connectivity index (χ1) is 10.6. The number of benzene rings is 2. The van der Waals surface area contributed by atoms with Crippen molar-refractivity contribution in [3.05, 3.63) is 75.3 Å². The van der Waals surface area contributed by atoms with Gasteiger partial charge in [-0.3, -0.25) is 14.9 Å². The Balaban J connectivity index is 2.11. The number of carbonyl (C=O) groups is 1. The van der Waals surface area contributed by atoms with Crippen LogP contribution in [-0.4, -0.2) is 17.3 Å². The number of nitrogens with one attached hydrogen (secondary N) is 1. The predicted octanol–water partition coefficient (Wildman–Crippen LogP) is 3.03. The van der Waals surface area contributed by atoms with Crippen molar-refractivity contribution in [3.63, 3.8) is 0 Å². The van der Waals surface area contributed by atoms with Crippen LogP contribution >= 0.6 is 0 Å². The van der Waals surface area contributed by atoms with E-state index in [9.17, 15) is 14.9 Å². The van der Waals surface area contributed by atoms with Gasteiger partial charge in [0.1, 0.15) is 0 Å². The molecule has 22 heavy (non-hydrogen) atoms. The van der Waals surface area contributed by atoms with E-state index in [-0.39, 0.29) is 5.78 Å². The van der Waals surface area contributed by atoms with Gasteiger partial charge in [0.05, 0.1) is 0 Å². The summed E-state index contributed by atoms with van der Waals surface area (Å²) in [6.07, 6.45) is 0.879. The molecule has 2 aromatic carbocycles. The normalized spacial score (nSPS) is 19.6. The van der Waals surface area contributed by atoms with Gasteiger partial charge < -0.3 is 5.32 Å². The van der Waals surface area contributed by atoms with E-state index < -0.39 is 17.0 Å². The van der Waals surface area contributed by atoms with E-state index in [4.69, 9.17) is 0 Å². The van der Waals surface area contributed by atoms with E-state index in [1.54, 1.807) is 30.3 Å². The van der Waals surface area contributed by atoms with E-state index in [2.05, 4.69) is 5.32 Å². The van der Waals surface area contributed by atoms with Crippen LogP contribution in [0.5, 0.6) is 0 Å². The summed E-state index contributed by atoms with van der Waals surface area (Å²) in [7, 11) is 0. The molecule has 2 aromatic rings. The Hall–Kier alpha value is -2.69. The molecule has 5 nitrogen and oxygen atoms in total. The highest BCUT2D eigenvalue weighted by molar-refractivity contribution is 6.13. The van der Waals surface area contributed by atoms with Crippen molar-refractivity contribution in [1.82, 2.24) is 0 Å². The zero-order chi connectivity index (χ0) is 15.7. The summed E-state index contributed by atoms with van der Waals surface area (Å²) < 4.78 is 0. The number of nitrogens with zero attached hydrogens (tertiary/aromatic N) is 1. The molecule has 0 aliphatic carbocycles. The Bertz CT molecular complexity index is 740. The van der Waals surface area contributed by atoms with Crippen LogP contribution in [0.1, 0.15) is 28.4 Å². The largest absolute Gasteiger partial charge is 0.363 e. The minimum absolute atomic E-state index is 0.246. The molecule has 0 radical (unpaired) electrons. The van der Waals surface area contributed by atoms with Gasteiger partial charge in [-0.25, -0.2) is 0 Å². The fourth-order valence-electron chi connectivity index (χ4n) is 2.93. The first kappa shape index (κ1) is 14.3. The highest BCUT2D eigenvalue weighted by atomic mass is 16.6. The number of Topliss-reactive ketones (excluding diaryl/α,β-unsaturated/α-hetero) is 1. The van der Waals surface area contributed by atoms with Crippen LogP contribution in [0.15, 0.2) is 48.5 Å². The highest BCUT2D eigenvalue weighted by Crippen LogP contribution is 2.39. The number of aryl methyl sites for hydroxylation is 1. The zero-order valence-electron chi connectivity index (χ0n) is 12.2. The smallest absolute Gasteiger partial charge is 0.238 e. The van der Waals surface area contributed by atoms with Crippen LogP contribution in [0.4, 0.5) is 5.69 Å². The number of rotatable bonds is 4. The van der Waals surface area contributed by atoms with E-state index in [0.29, 0.717) is 16.8 Å². The van der Waals surface area contributed by atoms with E-state index >= 15 is 0 Å². The zero-order valence-corrected chi connectivity index (χ0v) is 12.2. The third kappa shape index (κ3) is 2.15. The molecule has 112 valence electrons. The van der Waals surface area contributed by atoms with Gasteiger partial charge >= 0.3 is 0 Å². The van der Waals surface area contributed by atoms with Crippen LogP contribution in [0.2, 0.25) is 0 Å². The predicted molar refractivity (Wildman–Crippen MR) is 83.8 cm³/mol. The van der Waals surface area contributed by atoms with Gasteiger partial charge in [-0.15, -0.1) is 0 Å². The van der Waals surface area contributed by atoms with Crippen molar-refractivity contribution in [2.24, 2.45) is 0 Å². The van der Waals surface area contributed by atoms with Crippen molar-refractivity contribution >= 4 is 11.5 Å². The molecule has 0 bridgehead atoms. The summed E-state index contributed by atoms with van der Waals surface area (Å²) >= 11 is 0. The summed E-state index contributed by atoms with van der Waals surface area (Å²) in [6.45, 7) is 1.56. The van der Waals surface area contributed by atoms with Crippen molar-refractivity contribution in [3.8, 4) is 0 Å². The molecule has 0 fully saturated rings. The monoisotopic (exact) mass is 296 g/mol. The second kappa shape index (κ2) is 5.26. The summed E-state index contributed by atoms with van der Waals surface area (Å²) in [5.74, 6) is -0.246. The maximum absolute atomic E-state index is 12.8. The van der Waals surface area contributed by atoms with Crippen molar-refractivity contribution in [2.75, 3.05) is 11.9 Å². The van der Waals surface area contributed by atoms with Crippen LogP contribution in [-0.2, 0) is 12.0 Å². The maximum Gasteiger partial charge on any atom is 0.238 e. The second-order valence-electron chi connectivity index (χ2n) is 5.45. The van der Waals surface area contributed by atoms with Gasteiger partial charge in [0.25, 0.3) is 0 Å². The molecule has 0 saturated heterocycles. The molecule has 0 aromatic heterocycles. The number of hydrogen-bond donors (Lipinski definition) is 1. The minimum Gasteiger partial charge on any atom is -0.363 e. The van der Waals surface area contributed by atoms with E-state index in [1.807, 2.05) is 25.1 Å². The molecular weight excluding hydrogens is 280 g/mol. The van der Waals surface area contributed by atoms with E-state index in [0.717, 1.165) is 12.0 Å². The molecule has 0 amide bonds. The Morgan fingerprint density at radius 2 is 1.82 bits per heavy atom. The molecular formula is C17H16N2O3. The lowest BCUT2D eigenvalue weighted by Crippen LogP contribution is -2.45. The number of carbonyl (C=O) groups excluding carboxylic acids is 1. The van der Waals surface area contributed by atoms with Crippen molar-refractivity contribution < 1.29 is 9.72 Å². The summed E-state index contributed by atoms with van der Waals surface area (Å²) in [5, 5.41) is 14.3. The SMILES string of the molecule is CCc1ccc([C@@]2(C[N+](=O)[O-])Nc3ccccc3C2=O)cc1. The quantitative estimate of drug-likeness (QED) is 0.695. The fourth-order valence-corrected chi connectivity index (χ4v) is 2.93. The fraction of sp³-hybridized carbons (Fsp3) is 0.235. The Kier molecular flexibility index (Phi) is 3.41. The summed E-state index contributed by atoms with van der Waals surface area (Å²) in [6, 6.07) is 14.5. The van der Waals surface area contributed by atoms with Gasteiger partial charge in [-0.1, -0.05) is 43.3 Å². The Morgan fingerprint density at radius 3 is 2.41 bits per heavy atom. The van der Waals surface area contributed by atoms with Crippen LogP contribution in [0.3, 0.4) is 0 Å². The third-order valence-electron chi connectivity index (χ3n) is 4.13. The van der Waals surface area contributed by atoms with Gasteiger partial charge in [0, 0.05) is 16.2 Å². The average Bonchev–Trinajstić information content (AvgIpc) is 2.81. The molecule has 5 heteroatoms. The lowest BCUT2D eigenvalue weighted by molar-refractivity contribution is -0.486. The van der Waals surface area contributed by atoms with Crippen LogP contribution in [0.25, 0.3) is 0 Å². The topological polar surface area (TPSA) is 72.2 Å². The van der Waals surface area contributed by atoms with Gasteiger partial charge in [-0.05, 0) is 29.7 Å². The lowest BCUT2D eigenvalue weighted by Gasteiger charge is -2.25. The molecule has 1 heterocycles. The number of ketones is 1. The summed E-state index contributed by atoms with van der Waals surface area (Å²) in [4.78, 5) is 23.6. The maximum atomic E-state index is 12.8. The van der Waals surface area contributed by atoms with Crippen molar-refractivity contribution in [1.29, 1.82) is 0 Å². The number of fused-ring (bicyclic) bond motifs is 1. The Labute approximate surface area is 128 Å². The minimum atomic E-state index is -1.32. The standard InChI is InChI=1S/C17H16N2O3/c1-2-12-7-9-13(10-8-12)17(11-19(21)22)16(20)14-5-3-4-6-15(14)18-17/h3-10,18H,2,11H2,1H3/t17-/m1/s1. The van der Waals surface area contributed by atoms with Gasteiger partial charge in [0.2, 0.25) is 12.3 Å². The number of para-hydroxylation sites is 1. The van der Waals surface area contributed by atoms with Crippen molar-refractivity contribution in [2.45, 2.75) is 18.9 Å². The molecule has 1 atom stereocenters. The molecule has 0 spiro atoms. The van der Waals surface area contributed by atoms with Gasteiger partial charge in [-0.2, -0.15) is 0 Å². The number of nitro groups is 1. The number of anilines is 1. The first-order valence-electron chi connectivity index (χ1n) is 7.20. The van der Waals surface area contributed by atoms with Gasteiger partial charge in [0.15, 0.2) is 5.54 Å². The highest BCUT2D eigenvalue weighted by Gasteiger charge is 2.50. The molecule has 1 aliphatic heterocycles.